The first-order chi connectivity index (χ1) is 9.65. The van der Waals surface area contributed by atoms with E-state index in [0.717, 1.165) is 5.56 Å². The van der Waals surface area contributed by atoms with E-state index in [-0.39, 0.29) is 18.6 Å². The Balaban J connectivity index is 1.83. The van der Waals surface area contributed by atoms with E-state index in [4.69, 9.17) is 10.5 Å². The maximum Gasteiger partial charge on any atom is 0.258 e. The van der Waals surface area contributed by atoms with Crippen LogP contribution in [0.5, 0.6) is 5.75 Å². The third-order valence-electron chi connectivity index (χ3n) is 2.93. The van der Waals surface area contributed by atoms with Crippen LogP contribution in [0.15, 0.2) is 54.6 Å². The summed E-state index contributed by atoms with van der Waals surface area (Å²) in [7, 11) is 0. The Bertz CT molecular complexity index is 552. The molecule has 2 rings (SSSR count). The van der Waals surface area contributed by atoms with Gasteiger partial charge in [-0.3, -0.25) is 4.79 Å². The molecule has 4 nitrogen and oxygen atoms in total. The summed E-state index contributed by atoms with van der Waals surface area (Å²) >= 11 is 0. The van der Waals surface area contributed by atoms with Crippen LogP contribution in [-0.2, 0) is 4.79 Å². The van der Waals surface area contributed by atoms with E-state index in [1.54, 1.807) is 0 Å². The van der Waals surface area contributed by atoms with E-state index < -0.39 is 0 Å². The van der Waals surface area contributed by atoms with E-state index in [1.165, 1.54) is 0 Å². The second-order valence-corrected chi connectivity index (χ2v) is 4.56. The maximum absolute atomic E-state index is 11.8. The van der Waals surface area contributed by atoms with Crippen LogP contribution in [-0.4, -0.2) is 12.5 Å². The van der Waals surface area contributed by atoms with Crippen molar-refractivity contribution in [2.24, 2.45) is 0 Å². The zero-order chi connectivity index (χ0) is 14.4. The Hall–Kier alpha value is -2.49. The fraction of sp³-hybridized carbons (Fsp3) is 0.188. The Morgan fingerprint density at radius 1 is 1.15 bits per heavy atom. The first kappa shape index (κ1) is 13.9. The molecule has 0 aliphatic rings. The molecule has 2 aromatic rings. The minimum Gasteiger partial charge on any atom is -0.484 e. The molecule has 0 aliphatic heterocycles. The topological polar surface area (TPSA) is 64.3 Å². The van der Waals surface area contributed by atoms with Gasteiger partial charge in [-0.2, -0.15) is 0 Å². The lowest BCUT2D eigenvalue weighted by atomic mass is 10.1. The molecule has 0 saturated heterocycles. The van der Waals surface area contributed by atoms with Gasteiger partial charge in [0.1, 0.15) is 5.75 Å². The van der Waals surface area contributed by atoms with E-state index in [9.17, 15) is 4.79 Å². The smallest absolute Gasteiger partial charge is 0.258 e. The molecular formula is C16H18N2O2. The molecule has 3 N–H and O–H groups in total. The van der Waals surface area contributed by atoms with Gasteiger partial charge in [-0.25, -0.2) is 0 Å². The zero-order valence-electron chi connectivity index (χ0n) is 11.4. The first-order valence-corrected chi connectivity index (χ1v) is 6.48. The van der Waals surface area contributed by atoms with Crippen LogP contribution in [0.3, 0.4) is 0 Å². The van der Waals surface area contributed by atoms with Crippen LogP contribution in [0, 0.1) is 0 Å². The van der Waals surface area contributed by atoms with Crippen molar-refractivity contribution in [3.05, 3.63) is 60.2 Å². The van der Waals surface area contributed by atoms with E-state index in [2.05, 4.69) is 5.32 Å². The summed E-state index contributed by atoms with van der Waals surface area (Å²) < 4.78 is 5.39. The quantitative estimate of drug-likeness (QED) is 0.821. The number of para-hydroxylation sites is 1. The maximum atomic E-state index is 11.8. The van der Waals surface area contributed by atoms with Crippen molar-refractivity contribution in [1.29, 1.82) is 0 Å². The summed E-state index contributed by atoms with van der Waals surface area (Å²) in [5.74, 6) is 0.529. The van der Waals surface area contributed by atoms with Gasteiger partial charge >= 0.3 is 0 Å². The molecule has 0 heterocycles. The average molecular weight is 270 g/mol. The van der Waals surface area contributed by atoms with Crippen LogP contribution < -0.4 is 15.8 Å². The molecule has 0 radical (unpaired) electrons. The molecule has 0 saturated carbocycles. The van der Waals surface area contributed by atoms with Crippen LogP contribution in [0.4, 0.5) is 5.69 Å². The minimum absolute atomic E-state index is 0.00330. The zero-order valence-corrected chi connectivity index (χ0v) is 11.4. The Kier molecular flexibility index (Phi) is 4.60. The van der Waals surface area contributed by atoms with Gasteiger partial charge in [0.15, 0.2) is 6.61 Å². The van der Waals surface area contributed by atoms with Gasteiger partial charge in [0, 0.05) is 5.69 Å². The number of carbonyl (C=O) groups excluding carboxylic acids is 1. The summed E-state index contributed by atoms with van der Waals surface area (Å²) in [6.07, 6.45) is 0. The highest BCUT2D eigenvalue weighted by molar-refractivity contribution is 5.78. The Labute approximate surface area is 118 Å². The number of hydrogen-bond acceptors (Lipinski definition) is 3. The number of amides is 1. The molecular weight excluding hydrogens is 252 g/mol. The number of benzene rings is 2. The molecule has 1 amide bonds. The largest absolute Gasteiger partial charge is 0.484 e. The monoisotopic (exact) mass is 270 g/mol. The number of carbonyl (C=O) groups is 1. The van der Waals surface area contributed by atoms with Gasteiger partial charge in [-0.05, 0) is 36.8 Å². The number of nitrogens with one attached hydrogen (secondary N) is 1. The third-order valence-corrected chi connectivity index (χ3v) is 2.93. The number of rotatable bonds is 5. The highest BCUT2D eigenvalue weighted by atomic mass is 16.5. The molecule has 20 heavy (non-hydrogen) atoms. The van der Waals surface area contributed by atoms with Crippen LogP contribution in [0.2, 0.25) is 0 Å². The SMILES string of the molecule is CC(NC(=O)COc1ccccc1)c1ccc(N)cc1. The summed E-state index contributed by atoms with van der Waals surface area (Å²) in [6.45, 7) is 1.93. The minimum atomic E-state index is -0.154. The molecule has 0 spiro atoms. The predicted molar refractivity (Wildman–Crippen MR) is 79.3 cm³/mol. The second kappa shape index (κ2) is 6.61. The molecule has 2 aromatic carbocycles. The fourth-order valence-electron chi connectivity index (χ4n) is 1.82. The lowest BCUT2D eigenvalue weighted by Crippen LogP contribution is -2.31. The Morgan fingerprint density at radius 3 is 2.45 bits per heavy atom. The number of nitrogens with two attached hydrogens (primary N) is 1. The highest BCUT2D eigenvalue weighted by Gasteiger charge is 2.09. The molecule has 0 bridgehead atoms. The van der Waals surface area contributed by atoms with Crippen molar-refractivity contribution in [2.45, 2.75) is 13.0 Å². The summed E-state index contributed by atoms with van der Waals surface area (Å²) in [6, 6.07) is 16.6. The van der Waals surface area contributed by atoms with Crippen LogP contribution >= 0.6 is 0 Å². The van der Waals surface area contributed by atoms with E-state index >= 15 is 0 Å². The number of ether oxygens (including phenoxy) is 1. The summed E-state index contributed by atoms with van der Waals surface area (Å²) in [4.78, 5) is 11.8. The second-order valence-electron chi connectivity index (χ2n) is 4.56. The normalized spacial score (nSPS) is 11.7. The van der Waals surface area contributed by atoms with Crippen molar-refractivity contribution < 1.29 is 9.53 Å². The van der Waals surface area contributed by atoms with Crippen molar-refractivity contribution in [3.63, 3.8) is 0 Å². The molecule has 1 atom stereocenters. The number of anilines is 1. The average Bonchev–Trinajstić information content (AvgIpc) is 2.47. The molecule has 1 unspecified atom stereocenters. The standard InChI is InChI=1S/C16H18N2O2/c1-12(13-7-9-14(17)10-8-13)18-16(19)11-20-15-5-3-2-4-6-15/h2-10,12H,11,17H2,1H3,(H,18,19). The van der Waals surface area contributed by atoms with Gasteiger partial charge in [0.25, 0.3) is 5.91 Å². The van der Waals surface area contributed by atoms with E-state index in [0.29, 0.717) is 11.4 Å². The lowest BCUT2D eigenvalue weighted by molar-refractivity contribution is -0.123. The van der Waals surface area contributed by atoms with Crippen molar-refractivity contribution in [1.82, 2.24) is 5.32 Å². The van der Waals surface area contributed by atoms with E-state index in [1.807, 2.05) is 61.5 Å². The Morgan fingerprint density at radius 2 is 1.80 bits per heavy atom. The van der Waals surface area contributed by atoms with Gasteiger partial charge in [-0.15, -0.1) is 0 Å². The third kappa shape index (κ3) is 4.02. The lowest BCUT2D eigenvalue weighted by Gasteiger charge is -2.15. The van der Waals surface area contributed by atoms with Crippen molar-refractivity contribution in [2.75, 3.05) is 12.3 Å². The van der Waals surface area contributed by atoms with Gasteiger partial charge in [0.2, 0.25) is 0 Å². The molecule has 4 heteroatoms. The molecule has 0 fully saturated rings. The first-order valence-electron chi connectivity index (χ1n) is 6.48. The van der Waals surface area contributed by atoms with Gasteiger partial charge in [-0.1, -0.05) is 30.3 Å². The number of hydrogen-bond donors (Lipinski definition) is 2. The highest BCUT2D eigenvalue weighted by Crippen LogP contribution is 2.14. The van der Waals surface area contributed by atoms with Crippen LogP contribution in [0.1, 0.15) is 18.5 Å². The van der Waals surface area contributed by atoms with Gasteiger partial charge < -0.3 is 15.8 Å². The predicted octanol–water partition coefficient (Wildman–Crippen LogP) is 2.53. The van der Waals surface area contributed by atoms with Crippen molar-refractivity contribution >= 4 is 11.6 Å². The number of nitrogen functional groups attached to an aromatic ring is 1. The van der Waals surface area contributed by atoms with Crippen LogP contribution in [0.25, 0.3) is 0 Å². The fourth-order valence-corrected chi connectivity index (χ4v) is 1.82. The molecule has 0 aromatic heterocycles. The van der Waals surface area contributed by atoms with Gasteiger partial charge in [0.05, 0.1) is 6.04 Å². The van der Waals surface area contributed by atoms with Crippen molar-refractivity contribution in [3.8, 4) is 5.75 Å². The molecule has 104 valence electrons. The summed E-state index contributed by atoms with van der Waals surface area (Å²) in [5, 5.41) is 2.88. The molecule has 0 aliphatic carbocycles. The summed E-state index contributed by atoms with van der Waals surface area (Å²) in [5.41, 5.74) is 7.35.